The van der Waals surface area contributed by atoms with E-state index in [0.29, 0.717) is 0 Å². The van der Waals surface area contributed by atoms with Crippen molar-refractivity contribution >= 4 is 11.6 Å². The molecule has 2 aromatic rings. The van der Waals surface area contributed by atoms with Gasteiger partial charge in [0.25, 0.3) is 0 Å². The van der Waals surface area contributed by atoms with Crippen LogP contribution in [0, 0.1) is 6.92 Å². The zero-order chi connectivity index (χ0) is 19.5. The maximum absolute atomic E-state index is 4.72. The lowest BCUT2D eigenvalue weighted by molar-refractivity contribution is 0.632. The molecule has 0 bridgehead atoms. The Hall–Kier alpha value is -2.57. The van der Waals surface area contributed by atoms with Gasteiger partial charge in [-0.25, -0.2) is 0 Å². The molecule has 1 aromatic heterocycles. The summed E-state index contributed by atoms with van der Waals surface area (Å²) in [4.78, 5) is 7.07. The van der Waals surface area contributed by atoms with Crippen LogP contribution in [-0.4, -0.2) is 53.4 Å². The molecule has 0 fully saturated rings. The van der Waals surface area contributed by atoms with Crippen LogP contribution in [0.3, 0.4) is 0 Å². The molecule has 0 aliphatic heterocycles. The highest BCUT2D eigenvalue weighted by molar-refractivity contribution is 5.79. The van der Waals surface area contributed by atoms with Crippen molar-refractivity contribution in [1.29, 1.82) is 0 Å². The van der Waals surface area contributed by atoms with Crippen LogP contribution < -0.4 is 15.5 Å². The van der Waals surface area contributed by atoms with Gasteiger partial charge in [-0.1, -0.05) is 19.1 Å². The molecular weight excluding hydrogens is 338 g/mol. The average molecular weight is 372 g/mol. The molecule has 2 rings (SSSR count). The van der Waals surface area contributed by atoms with E-state index < -0.39 is 0 Å². The van der Waals surface area contributed by atoms with Gasteiger partial charge in [0.2, 0.25) is 0 Å². The number of rotatable bonds is 10. The number of likely N-dealkylation sites (N-methyl/N-ethyl adjacent to an activating group) is 1. The first-order chi connectivity index (χ1) is 13.2. The Labute approximate surface area is 162 Å². The van der Waals surface area contributed by atoms with Crippen molar-refractivity contribution < 1.29 is 0 Å². The topological polar surface area (TPSA) is 70.4 Å². The Balaban J connectivity index is 1.86. The van der Waals surface area contributed by atoms with E-state index in [-0.39, 0.29) is 0 Å². The molecule has 0 radical (unpaired) electrons. The zero-order valence-corrected chi connectivity index (χ0v) is 17.1. The normalized spacial score (nSPS) is 11.5. The number of aliphatic imine (C=N–C) groups is 1. The standard InChI is InChI=1S/C20H33N7/c1-5-19-25-24-16-27(19)14-12-23-20(21-6-2)22-11-13-26(7-3)18-10-8-9-17(4)15-18/h8-10,15-16H,5-7,11-14H2,1-4H3,(H2,21,22,23). The number of hydrogen-bond donors (Lipinski definition) is 2. The second kappa shape index (κ2) is 11.2. The Bertz CT molecular complexity index is 708. The molecule has 1 aromatic carbocycles. The van der Waals surface area contributed by atoms with Crippen LogP contribution in [0.25, 0.3) is 0 Å². The van der Waals surface area contributed by atoms with Crippen molar-refractivity contribution in [3.63, 3.8) is 0 Å². The first-order valence-electron chi connectivity index (χ1n) is 9.88. The Kier molecular flexibility index (Phi) is 8.61. The molecular formula is C20H33N7. The molecule has 0 spiro atoms. The SMILES string of the molecule is CCNC(=NCCN(CC)c1cccc(C)c1)NCCn1cnnc1CC. The molecule has 27 heavy (non-hydrogen) atoms. The molecule has 0 amide bonds. The van der Waals surface area contributed by atoms with Gasteiger partial charge in [-0.2, -0.15) is 0 Å². The highest BCUT2D eigenvalue weighted by atomic mass is 15.3. The fraction of sp³-hybridized carbons (Fsp3) is 0.550. The number of nitrogens with zero attached hydrogens (tertiary/aromatic N) is 5. The van der Waals surface area contributed by atoms with E-state index in [9.17, 15) is 0 Å². The summed E-state index contributed by atoms with van der Waals surface area (Å²) in [5, 5.41) is 14.8. The summed E-state index contributed by atoms with van der Waals surface area (Å²) < 4.78 is 2.08. The Morgan fingerprint density at radius 1 is 1.22 bits per heavy atom. The van der Waals surface area contributed by atoms with E-state index in [1.165, 1.54) is 11.3 Å². The van der Waals surface area contributed by atoms with Crippen molar-refractivity contribution in [3.8, 4) is 0 Å². The van der Waals surface area contributed by atoms with Gasteiger partial charge in [0, 0.05) is 44.8 Å². The lowest BCUT2D eigenvalue weighted by atomic mass is 10.2. The van der Waals surface area contributed by atoms with E-state index in [1.807, 2.05) is 0 Å². The molecule has 0 aliphatic rings. The third-order valence-electron chi connectivity index (χ3n) is 4.39. The predicted molar refractivity (Wildman–Crippen MR) is 112 cm³/mol. The summed E-state index contributed by atoms with van der Waals surface area (Å²) in [5.41, 5.74) is 2.54. The van der Waals surface area contributed by atoms with Crippen LogP contribution in [0.5, 0.6) is 0 Å². The maximum atomic E-state index is 4.72. The molecule has 2 N–H and O–H groups in total. The van der Waals surface area contributed by atoms with Gasteiger partial charge in [-0.15, -0.1) is 10.2 Å². The number of aryl methyl sites for hydroxylation is 2. The monoisotopic (exact) mass is 371 g/mol. The maximum Gasteiger partial charge on any atom is 0.191 e. The van der Waals surface area contributed by atoms with Crippen molar-refractivity contribution in [1.82, 2.24) is 25.4 Å². The number of benzene rings is 1. The highest BCUT2D eigenvalue weighted by Gasteiger charge is 2.05. The highest BCUT2D eigenvalue weighted by Crippen LogP contribution is 2.15. The summed E-state index contributed by atoms with van der Waals surface area (Å²) in [7, 11) is 0. The molecule has 148 valence electrons. The number of aromatic nitrogens is 3. The third-order valence-corrected chi connectivity index (χ3v) is 4.39. The number of nitrogens with one attached hydrogen (secondary N) is 2. The minimum Gasteiger partial charge on any atom is -0.370 e. The van der Waals surface area contributed by atoms with Crippen LogP contribution in [0.1, 0.15) is 32.2 Å². The first kappa shape index (κ1) is 20.7. The summed E-state index contributed by atoms with van der Waals surface area (Å²) in [5.74, 6) is 1.86. The van der Waals surface area contributed by atoms with E-state index in [1.54, 1.807) is 6.33 Å². The number of guanidine groups is 1. The van der Waals surface area contributed by atoms with E-state index in [2.05, 4.69) is 82.3 Å². The van der Waals surface area contributed by atoms with Gasteiger partial charge in [0.1, 0.15) is 12.2 Å². The summed E-state index contributed by atoms with van der Waals surface area (Å²) >= 11 is 0. The van der Waals surface area contributed by atoms with Crippen LogP contribution in [0.2, 0.25) is 0 Å². The summed E-state index contributed by atoms with van der Waals surface area (Å²) in [6.07, 6.45) is 2.67. The summed E-state index contributed by atoms with van der Waals surface area (Å²) in [6.45, 7) is 13.5. The van der Waals surface area contributed by atoms with Crippen LogP contribution >= 0.6 is 0 Å². The van der Waals surface area contributed by atoms with Crippen LogP contribution in [-0.2, 0) is 13.0 Å². The van der Waals surface area contributed by atoms with Crippen LogP contribution in [0.15, 0.2) is 35.6 Å². The van der Waals surface area contributed by atoms with Crippen molar-refractivity contribution in [2.75, 3.05) is 37.6 Å². The fourth-order valence-electron chi connectivity index (χ4n) is 2.95. The largest absolute Gasteiger partial charge is 0.370 e. The molecule has 7 nitrogen and oxygen atoms in total. The van der Waals surface area contributed by atoms with Gasteiger partial charge >= 0.3 is 0 Å². The minimum atomic E-state index is 0.740. The molecule has 0 aliphatic carbocycles. The minimum absolute atomic E-state index is 0.740. The van der Waals surface area contributed by atoms with E-state index >= 15 is 0 Å². The number of hydrogen-bond acceptors (Lipinski definition) is 4. The quantitative estimate of drug-likeness (QED) is 0.495. The summed E-state index contributed by atoms with van der Waals surface area (Å²) in [6, 6.07) is 8.62. The lowest BCUT2D eigenvalue weighted by Crippen LogP contribution is -2.39. The smallest absolute Gasteiger partial charge is 0.191 e. The third kappa shape index (κ3) is 6.58. The average Bonchev–Trinajstić information content (AvgIpc) is 3.12. The van der Waals surface area contributed by atoms with E-state index in [4.69, 9.17) is 4.99 Å². The van der Waals surface area contributed by atoms with Crippen molar-refractivity contribution in [2.24, 2.45) is 4.99 Å². The predicted octanol–water partition coefficient (Wildman–Crippen LogP) is 2.23. The van der Waals surface area contributed by atoms with Gasteiger partial charge < -0.3 is 20.1 Å². The second-order valence-corrected chi connectivity index (χ2v) is 6.40. The zero-order valence-electron chi connectivity index (χ0n) is 17.1. The molecule has 7 heteroatoms. The van der Waals surface area contributed by atoms with Crippen LogP contribution in [0.4, 0.5) is 5.69 Å². The fourth-order valence-corrected chi connectivity index (χ4v) is 2.95. The Morgan fingerprint density at radius 3 is 2.78 bits per heavy atom. The van der Waals surface area contributed by atoms with Gasteiger partial charge in [0.15, 0.2) is 5.96 Å². The lowest BCUT2D eigenvalue weighted by Gasteiger charge is -2.23. The second-order valence-electron chi connectivity index (χ2n) is 6.40. The van der Waals surface area contributed by atoms with Gasteiger partial charge in [-0.3, -0.25) is 4.99 Å². The van der Waals surface area contributed by atoms with Crippen molar-refractivity contribution in [3.05, 3.63) is 42.0 Å². The molecule has 1 heterocycles. The van der Waals surface area contributed by atoms with Gasteiger partial charge in [0.05, 0.1) is 6.54 Å². The molecule has 0 saturated heterocycles. The molecule has 0 saturated carbocycles. The van der Waals surface area contributed by atoms with Gasteiger partial charge in [-0.05, 0) is 38.5 Å². The molecule has 0 atom stereocenters. The molecule has 0 unspecified atom stereocenters. The van der Waals surface area contributed by atoms with Crippen molar-refractivity contribution in [2.45, 2.75) is 40.7 Å². The Morgan fingerprint density at radius 2 is 2.07 bits per heavy atom. The number of anilines is 1. The van der Waals surface area contributed by atoms with E-state index in [0.717, 1.165) is 57.5 Å². The first-order valence-corrected chi connectivity index (χ1v) is 9.88.